The maximum absolute atomic E-state index is 11.6. The molecule has 4 nitrogen and oxygen atoms in total. The van der Waals surface area contributed by atoms with Crippen LogP contribution in [0.15, 0.2) is 0 Å². The van der Waals surface area contributed by atoms with E-state index in [4.69, 9.17) is 0 Å². The molecule has 20 heavy (non-hydrogen) atoms. The number of hydrogen-bond donors (Lipinski definition) is 2. The van der Waals surface area contributed by atoms with Crippen LogP contribution in [0.25, 0.3) is 0 Å². The molecule has 2 saturated carbocycles. The lowest BCUT2D eigenvalue weighted by molar-refractivity contribution is -0.144. The van der Waals surface area contributed by atoms with Crippen molar-refractivity contribution in [2.75, 3.05) is 13.6 Å². The standard InChI is InChI=1S/C16H30N2O2/c1-4-17-16(15(19)20)10-9-13(11-16)18(3)14-8-6-5-7-12(14)2/h12-14,17H,4-11H2,1-3H3,(H,19,20). The highest BCUT2D eigenvalue weighted by molar-refractivity contribution is 5.79. The first-order valence-electron chi connectivity index (χ1n) is 8.20. The van der Waals surface area contributed by atoms with Crippen LogP contribution in [-0.4, -0.2) is 47.2 Å². The largest absolute Gasteiger partial charge is 0.480 e. The van der Waals surface area contributed by atoms with Crippen molar-refractivity contribution < 1.29 is 9.90 Å². The van der Waals surface area contributed by atoms with Crippen LogP contribution in [-0.2, 0) is 4.79 Å². The number of likely N-dealkylation sites (N-methyl/N-ethyl adjacent to an activating group) is 1. The molecule has 2 aliphatic carbocycles. The molecule has 4 unspecified atom stereocenters. The van der Waals surface area contributed by atoms with E-state index in [0.717, 1.165) is 31.7 Å². The van der Waals surface area contributed by atoms with E-state index in [1.54, 1.807) is 0 Å². The van der Waals surface area contributed by atoms with Gasteiger partial charge in [0.25, 0.3) is 0 Å². The summed E-state index contributed by atoms with van der Waals surface area (Å²) in [6.07, 6.45) is 7.77. The van der Waals surface area contributed by atoms with Crippen molar-refractivity contribution in [1.29, 1.82) is 0 Å². The van der Waals surface area contributed by atoms with Crippen LogP contribution in [0.5, 0.6) is 0 Å². The monoisotopic (exact) mass is 282 g/mol. The van der Waals surface area contributed by atoms with Gasteiger partial charge in [-0.15, -0.1) is 0 Å². The number of carboxylic acid groups (broad SMARTS) is 1. The molecule has 2 N–H and O–H groups in total. The molecule has 0 aromatic rings. The topological polar surface area (TPSA) is 52.6 Å². The van der Waals surface area contributed by atoms with Gasteiger partial charge in [0.15, 0.2) is 0 Å². The maximum Gasteiger partial charge on any atom is 0.323 e. The Balaban J connectivity index is 2.02. The van der Waals surface area contributed by atoms with Gasteiger partial charge in [0.05, 0.1) is 0 Å². The van der Waals surface area contributed by atoms with Gasteiger partial charge in [-0.05, 0) is 51.6 Å². The summed E-state index contributed by atoms with van der Waals surface area (Å²) in [5.41, 5.74) is -0.689. The Labute approximate surface area is 122 Å². The fraction of sp³-hybridized carbons (Fsp3) is 0.938. The molecular formula is C16H30N2O2. The molecule has 0 aromatic heterocycles. The number of nitrogens with zero attached hydrogens (tertiary/aromatic N) is 1. The molecule has 4 atom stereocenters. The van der Waals surface area contributed by atoms with Crippen LogP contribution in [0.1, 0.15) is 58.8 Å². The smallest absolute Gasteiger partial charge is 0.323 e. The van der Waals surface area contributed by atoms with Crippen molar-refractivity contribution in [2.24, 2.45) is 5.92 Å². The first-order chi connectivity index (χ1) is 9.50. The van der Waals surface area contributed by atoms with E-state index in [0.29, 0.717) is 12.1 Å². The normalized spacial score (nSPS) is 38.3. The zero-order chi connectivity index (χ0) is 14.8. The third-order valence-corrected chi connectivity index (χ3v) is 5.58. The van der Waals surface area contributed by atoms with Crippen LogP contribution < -0.4 is 5.32 Å². The fourth-order valence-electron chi connectivity index (χ4n) is 4.31. The van der Waals surface area contributed by atoms with Gasteiger partial charge in [0.1, 0.15) is 5.54 Å². The predicted octanol–water partition coefficient (Wildman–Crippen LogP) is 2.48. The Morgan fingerprint density at radius 2 is 2.05 bits per heavy atom. The van der Waals surface area contributed by atoms with Gasteiger partial charge in [0.2, 0.25) is 0 Å². The van der Waals surface area contributed by atoms with Crippen molar-refractivity contribution in [3.05, 3.63) is 0 Å². The van der Waals surface area contributed by atoms with Crippen molar-refractivity contribution >= 4 is 5.97 Å². The van der Waals surface area contributed by atoms with Crippen LogP contribution >= 0.6 is 0 Å². The van der Waals surface area contributed by atoms with Gasteiger partial charge in [-0.2, -0.15) is 0 Å². The quantitative estimate of drug-likeness (QED) is 0.813. The summed E-state index contributed by atoms with van der Waals surface area (Å²) in [4.78, 5) is 14.1. The Hall–Kier alpha value is -0.610. The lowest BCUT2D eigenvalue weighted by Crippen LogP contribution is -2.52. The van der Waals surface area contributed by atoms with Gasteiger partial charge >= 0.3 is 5.97 Å². The SMILES string of the molecule is CCNC1(C(=O)O)CCC(N(C)C2CCCCC2C)C1. The average molecular weight is 282 g/mol. The fourth-order valence-corrected chi connectivity index (χ4v) is 4.31. The zero-order valence-corrected chi connectivity index (χ0v) is 13.2. The van der Waals surface area contributed by atoms with Gasteiger partial charge in [-0.1, -0.05) is 26.7 Å². The Morgan fingerprint density at radius 3 is 2.65 bits per heavy atom. The summed E-state index contributed by atoms with van der Waals surface area (Å²) in [6, 6.07) is 1.05. The highest BCUT2D eigenvalue weighted by Gasteiger charge is 2.47. The van der Waals surface area contributed by atoms with E-state index >= 15 is 0 Å². The molecule has 0 bridgehead atoms. The van der Waals surface area contributed by atoms with Gasteiger partial charge in [-0.25, -0.2) is 0 Å². The molecule has 0 spiro atoms. The molecule has 0 amide bonds. The summed E-state index contributed by atoms with van der Waals surface area (Å²) in [5.74, 6) is 0.0691. The van der Waals surface area contributed by atoms with Crippen molar-refractivity contribution in [2.45, 2.75) is 76.4 Å². The molecule has 0 radical (unpaired) electrons. The molecule has 0 aromatic carbocycles. The summed E-state index contributed by atoms with van der Waals surface area (Å²) >= 11 is 0. The van der Waals surface area contributed by atoms with E-state index in [2.05, 4.69) is 24.2 Å². The number of carbonyl (C=O) groups is 1. The molecule has 2 rings (SSSR count). The lowest BCUT2D eigenvalue weighted by atomic mass is 9.84. The molecule has 2 aliphatic rings. The van der Waals surface area contributed by atoms with E-state index in [-0.39, 0.29) is 0 Å². The second kappa shape index (κ2) is 6.44. The maximum atomic E-state index is 11.6. The second-order valence-electron chi connectivity index (χ2n) is 6.81. The van der Waals surface area contributed by atoms with Crippen LogP contribution in [0.4, 0.5) is 0 Å². The van der Waals surface area contributed by atoms with Gasteiger partial charge in [0, 0.05) is 12.1 Å². The van der Waals surface area contributed by atoms with Crippen LogP contribution in [0.3, 0.4) is 0 Å². The highest BCUT2D eigenvalue weighted by Crippen LogP contribution is 2.37. The van der Waals surface area contributed by atoms with Crippen molar-refractivity contribution in [3.63, 3.8) is 0 Å². The minimum Gasteiger partial charge on any atom is -0.480 e. The number of nitrogens with one attached hydrogen (secondary N) is 1. The highest BCUT2D eigenvalue weighted by atomic mass is 16.4. The van der Waals surface area contributed by atoms with Gasteiger partial charge < -0.3 is 15.3 Å². The second-order valence-corrected chi connectivity index (χ2v) is 6.81. The molecule has 0 saturated heterocycles. The minimum absolute atomic E-state index is 0.413. The van der Waals surface area contributed by atoms with Crippen LogP contribution in [0, 0.1) is 5.92 Å². The summed E-state index contributed by atoms with van der Waals surface area (Å²) < 4.78 is 0. The van der Waals surface area contributed by atoms with Crippen molar-refractivity contribution in [3.8, 4) is 0 Å². The van der Waals surface area contributed by atoms with E-state index in [1.807, 2.05) is 6.92 Å². The Bertz CT molecular complexity index is 347. The van der Waals surface area contributed by atoms with Crippen molar-refractivity contribution in [1.82, 2.24) is 10.2 Å². The third-order valence-electron chi connectivity index (χ3n) is 5.58. The van der Waals surface area contributed by atoms with Crippen LogP contribution in [0.2, 0.25) is 0 Å². The Kier molecular flexibility index (Phi) is 5.08. The third kappa shape index (κ3) is 3.01. The lowest BCUT2D eigenvalue weighted by Gasteiger charge is -2.40. The summed E-state index contributed by atoms with van der Waals surface area (Å²) in [5, 5.41) is 12.8. The average Bonchev–Trinajstić information content (AvgIpc) is 2.85. The summed E-state index contributed by atoms with van der Waals surface area (Å²) in [6.45, 7) is 5.07. The zero-order valence-electron chi connectivity index (χ0n) is 13.2. The number of aliphatic carboxylic acids is 1. The van der Waals surface area contributed by atoms with E-state index < -0.39 is 11.5 Å². The molecule has 4 heteroatoms. The number of rotatable bonds is 5. The number of carboxylic acids is 1. The first kappa shape index (κ1) is 15.8. The number of hydrogen-bond acceptors (Lipinski definition) is 3. The molecule has 2 fully saturated rings. The molecule has 116 valence electrons. The minimum atomic E-state index is -0.689. The molecular weight excluding hydrogens is 252 g/mol. The molecule has 0 heterocycles. The van der Waals surface area contributed by atoms with E-state index in [9.17, 15) is 9.90 Å². The summed E-state index contributed by atoms with van der Waals surface area (Å²) in [7, 11) is 2.21. The molecule has 0 aliphatic heterocycles. The van der Waals surface area contributed by atoms with E-state index in [1.165, 1.54) is 25.7 Å². The first-order valence-corrected chi connectivity index (χ1v) is 8.20. The predicted molar refractivity (Wildman–Crippen MR) is 80.9 cm³/mol. The Morgan fingerprint density at radius 1 is 1.35 bits per heavy atom. The van der Waals surface area contributed by atoms with Gasteiger partial charge in [-0.3, -0.25) is 4.79 Å².